The summed E-state index contributed by atoms with van der Waals surface area (Å²) in [6.07, 6.45) is 1.31. The van der Waals surface area contributed by atoms with Crippen molar-refractivity contribution in [1.82, 2.24) is 4.98 Å². The van der Waals surface area contributed by atoms with Crippen molar-refractivity contribution in [3.05, 3.63) is 71.9 Å². The first-order valence-corrected chi connectivity index (χ1v) is 9.43. The van der Waals surface area contributed by atoms with Gasteiger partial charge in [-0.05, 0) is 31.2 Å². The third-order valence-electron chi connectivity index (χ3n) is 4.20. The van der Waals surface area contributed by atoms with Crippen LogP contribution in [0.5, 0.6) is 0 Å². The Bertz CT molecular complexity index is 998. The third-order valence-corrected chi connectivity index (χ3v) is 5.24. The molecule has 1 aliphatic heterocycles. The van der Waals surface area contributed by atoms with E-state index in [1.807, 2.05) is 55.5 Å². The second-order valence-electron chi connectivity index (χ2n) is 6.18. The van der Waals surface area contributed by atoms with E-state index in [2.05, 4.69) is 10.3 Å². The molecule has 7 heteroatoms. The van der Waals surface area contributed by atoms with E-state index in [0.717, 1.165) is 16.1 Å². The van der Waals surface area contributed by atoms with Gasteiger partial charge in [0.1, 0.15) is 12.8 Å². The number of carbonyl (C=O) groups excluding carboxylic acids is 2. The highest BCUT2D eigenvalue weighted by Gasteiger charge is 2.26. The molecule has 2 heterocycles. The fourth-order valence-corrected chi connectivity index (χ4v) is 3.72. The van der Waals surface area contributed by atoms with Crippen molar-refractivity contribution in [2.24, 2.45) is 0 Å². The second-order valence-corrected chi connectivity index (χ2v) is 7.20. The van der Waals surface area contributed by atoms with Gasteiger partial charge in [0.15, 0.2) is 5.69 Å². The molecular formula is C20H17N3O3S. The average molecular weight is 379 g/mol. The molecule has 1 aromatic heterocycles. The van der Waals surface area contributed by atoms with E-state index in [4.69, 9.17) is 4.42 Å². The van der Waals surface area contributed by atoms with Crippen LogP contribution < -0.4 is 10.2 Å². The van der Waals surface area contributed by atoms with E-state index in [1.165, 1.54) is 18.0 Å². The number of thioether (sulfide) groups is 1. The first-order chi connectivity index (χ1) is 13.1. The molecule has 0 fully saturated rings. The number of carbonyl (C=O) groups is 2. The first kappa shape index (κ1) is 17.4. The van der Waals surface area contributed by atoms with Gasteiger partial charge in [0.25, 0.3) is 5.91 Å². The largest absolute Gasteiger partial charge is 0.446 e. The van der Waals surface area contributed by atoms with Crippen molar-refractivity contribution < 1.29 is 14.0 Å². The van der Waals surface area contributed by atoms with Crippen LogP contribution in [0.3, 0.4) is 0 Å². The lowest BCUT2D eigenvalue weighted by Gasteiger charge is -2.27. The predicted octanol–water partition coefficient (Wildman–Crippen LogP) is 3.87. The van der Waals surface area contributed by atoms with E-state index in [0.29, 0.717) is 17.3 Å². The van der Waals surface area contributed by atoms with Crippen LogP contribution in [-0.2, 0) is 11.3 Å². The summed E-state index contributed by atoms with van der Waals surface area (Å²) >= 11 is 1.52. The van der Waals surface area contributed by atoms with Crippen molar-refractivity contribution >= 4 is 35.0 Å². The van der Waals surface area contributed by atoms with Gasteiger partial charge in [-0.3, -0.25) is 9.59 Å². The monoisotopic (exact) mass is 379 g/mol. The lowest BCUT2D eigenvalue weighted by atomic mass is 10.2. The molecule has 0 saturated heterocycles. The topological polar surface area (TPSA) is 75.4 Å². The Morgan fingerprint density at radius 3 is 2.81 bits per heavy atom. The van der Waals surface area contributed by atoms with Gasteiger partial charge in [0.2, 0.25) is 11.8 Å². The van der Waals surface area contributed by atoms with Gasteiger partial charge in [-0.25, -0.2) is 4.98 Å². The van der Waals surface area contributed by atoms with Crippen LogP contribution in [0.15, 0.2) is 64.1 Å². The lowest BCUT2D eigenvalue weighted by Crippen LogP contribution is -2.34. The number of rotatable bonds is 4. The minimum atomic E-state index is -0.352. The van der Waals surface area contributed by atoms with Crippen molar-refractivity contribution in [3.8, 4) is 0 Å². The Morgan fingerprint density at radius 2 is 2.00 bits per heavy atom. The number of nitrogens with zero attached hydrogens (tertiary/aromatic N) is 2. The summed E-state index contributed by atoms with van der Waals surface area (Å²) < 4.78 is 5.44. The maximum Gasteiger partial charge on any atom is 0.277 e. The van der Waals surface area contributed by atoms with Crippen LogP contribution in [-0.4, -0.2) is 22.6 Å². The normalized spacial score (nSPS) is 13.4. The number of oxazole rings is 1. The highest BCUT2D eigenvalue weighted by atomic mass is 32.2. The van der Waals surface area contributed by atoms with E-state index in [9.17, 15) is 9.59 Å². The summed E-state index contributed by atoms with van der Waals surface area (Å²) in [5, 5.41) is 2.78. The smallest absolute Gasteiger partial charge is 0.277 e. The molecule has 0 atom stereocenters. The minimum absolute atomic E-state index is 0.0115. The quantitative estimate of drug-likeness (QED) is 0.745. The van der Waals surface area contributed by atoms with Gasteiger partial charge in [-0.15, -0.1) is 11.8 Å². The van der Waals surface area contributed by atoms with Gasteiger partial charge >= 0.3 is 0 Å². The maximum absolute atomic E-state index is 12.3. The fourth-order valence-electron chi connectivity index (χ4n) is 2.78. The maximum atomic E-state index is 12.3. The number of amides is 2. The van der Waals surface area contributed by atoms with Crippen LogP contribution in [0.25, 0.3) is 0 Å². The summed E-state index contributed by atoms with van der Waals surface area (Å²) in [4.78, 5) is 31.6. The zero-order chi connectivity index (χ0) is 18.8. The number of aryl methyl sites for hydroxylation is 1. The zero-order valence-corrected chi connectivity index (χ0v) is 15.5. The van der Waals surface area contributed by atoms with Crippen LogP contribution in [0.2, 0.25) is 0 Å². The number of fused-ring (bicyclic) bond motifs is 1. The van der Waals surface area contributed by atoms with Crippen molar-refractivity contribution in [1.29, 1.82) is 0 Å². The fraction of sp³-hybridized carbons (Fsp3) is 0.150. The molecule has 4 rings (SSSR count). The van der Waals surface area contributed by atoms with Crippen molar-refractivity contribution in [3.63, 3.8) is 0 Å². The van der Waals surface area contributed by atoms with Crippen LogP contribution in [0.1, 0.15) is 21.9 Å². The number of benzene rings is 2. The number of anilines is 2. The number of nitrogens with one attached hydrogen (secondary N) is 1. The number of para-hydroxylation sites is 1. The van der Waals surface area contributed by atoms with Gasteiger partial charge < -0.3 is 14.6 Å². The standard InChI is InChI=1S/C20H17N3O3S/c1-13-6-8-14(9-7-13)21-20(25)15-11-26-18(22-15)10-23-16-4-2-3-5-17(16)27-12-19(23)24/h2-9,11H,10,12H2,1H3,(H,21,25). The number of aromatic nitrogens is 1. The Morgan fingerprint density at radius 1 is 1.22 bits per heavy atom. The molecule has 2 amide bonds. The van der Waals surface area contributed by atoms with Gasteiger partial charge in [-0.1, -0.05) is 29.8 Å². The molecule has 0 bridgehead atoms. The molecule has 27 heavy (non-hydrogen) atoms. The second kappa shape index (κ2) is 7.28. The van der Waals surface area contributed by atoms with Crippen molar-refractivity contribution in [2.75, 3.05) is 16.0 Å². The molecule has 0 radical (unpaired) electrons. The summed E-state index contributed by atoms with van der Waals surface area (Å²) in [5.74, 6) is 0.329. The minimum Gasteiger partial charge on any atom is -0.446 e. The molecule has 1 aliphatic rings. The molecule has 1 N–H and O–H groups in total. The van der Waals surface area contributed by atoms with E-state index < -0.39 is 0 Å². The molecule has 2 aromatic carbocycles. The molecule has 6 nitrogen and oxygen atoms in total. The van der Waals surface area contributed by atoms with Crippen LogP contribution in [0, 0.1) is 6.92 Å². The first-order valence-electron chi connectivity index (χ1n) is 8.45. The molecule has 0 saturated carbocycles. The molecular weight excluding hydrogens is 362 g/mol. The van der Waals surface area contributed by atoms with Crippen LogP contribution in [0.4, 0.5) is 11.4 Å². The molecule has 3 aromatic rings. The predicted molar refractivity (Wildman–Crippen MR) is 104 cm³/mol. The Balaban J connectivity index is 1.49. The summed E-state index contributed by atoms with van der Waals surface area (Å²) in [6.45, 7) is 2.17. The van der Waals surface area contributed by atoms with Crippen LogP contribution >= 0.6 is 11.8 Å². The molecule has 0 aliphatic carbocycles. The average Bonchev–Trinajstić information content (AvgIpc) is 3.15. The number of hydrogen-bond donors (Lipinski definition) is 1. The van der Waals surface area contributed by atoms with E-state index in [1.54, 1.807) is 4.90 Å². The van der Waals surface area contributed by atoms with Gasteiger partial charge in [0, 0.05) is 10.6 Å². The zero-order valence-electron chi connectivity index (χ0n) is 14.6. The molecule has 0 unspecified atom stereocenters. The Hall–Kier alpha value is -3.06. The van der Waals surface area contributed by atoms with Gasteiger partial charge in [-0.2, -0.15) is 0 Å². The summed E-state index contributed by atoms with van der Waals surface area (Å²) in [7, 11) is 0. The summed E-state index contributed by atoms with van der Waals surface area (Å²) in [5.41, 5.74) is 2.81. The Labute approximate surface area is 160 Å². The lowest BCUT2D eigenvalue weighted by molar-refractivity contribution is -0.116. The highest BCUT2D eigenvalue weighted by Crippen LogP contribution is 2.35. The Kier molecular flexibility index (Phi) is 4.68. The SMILES string of the molecule is Cc1ccc(NC(=O)c2coc(CN3C(=O)CSc4ccccc43)n2)cc1. The molecule has 0 spiro atoms. The third kappa shape index (κ3) is 3.73. The number of hydrogen-bond acceptors (Lipinski definition) is 5. The van der Waals surface area contributed by atoms with Gasteiger partial charge in [0.05, 0.1) is 11.4 Å². The van der Waals surface area contributed by atoms with Crippen molar-refractivity contribution in [2.45, 2.75) is 18.4 Å². The van der Waals surface area contributed by atoms with E-state index >= 15 is 0 Å². The molecule has 136 valence electrons. The highest BCUT2D eigenvalue weighted by molar-refractivity contribution is 8.00. The summed E-state index contributed by atoms with van der Waals surface area (Å²) in [6, 6.07) is 15.2. The van der Waals surface area contributed by atoms with E-state index in [-0.39, 0.29) is 24.1 Å².